The molecule has 1 aromatic heterocycles. The molecule has 1 heterocycles. The molecule has 0 saturated carbocycles. The van der Waals surface area contributed by atoms with Gasteiger partial charge in [-0.05, 0) is 42.0 Å². The van der Waals surface area contributed by atoms with E-state index in [-0.39, 0.29) is 10.7 Å². The van der Waals surface area contributed by atoms with E-state index < -0.39 is 10.0 Å². The fourth-order valence-electron chi connectivity index (χ4n) is 2.29. The van der Waals surface area contributed by atoms with Crippen molar-refractivity contribution in [2.24, 2.45) is 0 Å². The molecular weight excluding hydrogens is 301 g/mol. The monoisotopic (exact) mass is 315 g/mol. The summed E-state index contributed by atoms with van der Waals surface area (Å²) in [4.78, 5) is 0.242. The number of rotatable bonds is 4. The molecule has 2 aromatic carbocycles. The van der Waals surface area contributed by atoms with Gasteiger partial charge < -0.3 is 0 Å². The van der Waals surface area contributed by atoms with Gasteiger partial charge in [0.2, 0.25) is 0 Å². The van der Waals surface area contributed by atoms with Gasteiger partial charge in [-0.1, -0.05) is 30.3 Å². The van der Waals surface area contributed by atoms with Crippen LogP contribution in [0.5, 0.6) is 0 Å². The normalized spacial score (nSPS) is 11.5. The van der Waals surface area contributed by atoms with E-state index in [0.29, 0.717) is 12.1 Å². The Kier molecular flexibility index (Phi) is 3.81. The first-order chi connectivity index (χ1) is 10.6. The van der Waals surface area contributed by atoms with Gasteiger partial charge in [0.05, 0.1) is 4.90 Å². The second-order valence-electron chi connectivity index (χ2n) is 4.92. The van der Waals surface area contributed by atoms with Crippen LogP contribution in [0.25, 0.3) is 0 Å². The molecule has 5 heteroatoms. The van der Waals surface area contributed by atoms with Crippen molar-refractivity contribution in [3.05, 3.63) is 90.0 Å². The van der Waals surface area contributed by atoms with Gasteiger partial charge in [-0.25, -0.2) is 16.8 Å². The topological polar surface area (TPSA) is 39.1 Å². The van der Waals surface area contributed by atoms with Crippen LogP contribution in [0, 0.1) is 5.82 Å². The van der Waals surface area contributed by atoms with Gasteiger partial charge in [0, 0.05) is 18.3 Å². The molecule has 22 heavy (non-hydrogen) atoms. The smallest absolute Gasteiger partial charge is 0.246 e. The predicted molar refractivity (Wildman–Crippen MR) is 82.7 cm³/mol. The molecule has 3 rings (SSSR count). The summed E-state index contributed by atoms with van der Waals surface area (Å²) in [6, 6.07) is 17.8. The second kappa shape index (κ2) is 5.77. The van der Waals surface area contributed by atoms with Gasteiger partial charge in [-0.2, -0.15) is 0 Å². The van der Waals surface area contributed by atoms with Crippen molar-refractivity contribution in [2.45, 2.75) is 11.3 Å². The Morgan fingerprint density at radius 2 is 1.55 bits per heavy atom. The molecular formula is C17H14FNO2S. The quantitative estimate of drug-likeness (QED) is 0.739. The zero-order valence-corrected chi connectivity index (χ0v) is 12.5. The maximum Gasteiger partial charge on any atom is 0.267 e. The lowest BCUT2D eigenvalue weighted by Gasteiger charge is -2.10. The first-order valence-corrected chi connectivity index (χ1v) is 8.23. The first kappa shape index (κ1) is 14.5. The third kappa shape index (κ3) is 2.80. The lowest BCUT2D eigenvalue weighted by Crippen LogP contribution is -2.15. The van der Waals surface area contributed by atoms with E-state index >= 15 is 0 Å². The summed E-state index contributed by atoms with van der Waals surface area (Å²) < 4.78 is 39.5. The molecule has 0 saturated heterocycles. The Balaban J connectivity index is 1.97. The van der Waals surface area contributed by atoms with Crippen LogP contribution in [0.3, 0.4) is 0 Å². The number of nitrogens with zero attached hydrogens (tertiary/aromatic N) is 1. The average Bonchev–Trinajstić information content (AvgIpc) is 2.99. The minimum absolute atomic E-state index is 0.242. The van der Waals surface area contributed by atoms with Gasteiger partial charge in [0.15, 0.2) is 0 Å². The van der Waals surface area contributed by atoms with Gasteiger partial charge in [-0.15, -0.1) is 0 Å². The summed E-state index contributed by atoms with van der Waals surface area (Å²) >= 11 is 0. The highest BCUT2D eigenvalue weighted by molar-refractivity contribution is 7.90. The number of halogens is 1. The molecule has 3 nitrogen and oxygen atoms in total. The van der Waals surface area contributed by atoms with E-state index in [4.69, 9.17) is 0 Å². The Morgan fingerprint density at radius 1 is 0.864 bits per heavy atom. The minimum atomic E-state index is -3.61. The first-order valence-electron chi connectivity index (χ1n) is 6.79. The molecule has 0 fully saturated rings. The van der Waals surface area contributed by atoms with Crippen molar-refractivity contribution in [1.82, 2.24) is 3.97 Å². The van der Waals surface area contributed by atoms with Crippen LogP contribution in [0.2, 0.25) is 0 Å². The van der Waals surface area contributed by atoms with Crippen LogP contribution in [-0.2, 0) is 16.4 Å². The zero-order valence-electron chi connectivity index (χ0n) is 11.7. The molecule has 0 N–H and O–H groups in total. The Morgan fingerprint density at radius 3 is 2.23 bits per heavy atom. The zero-order chi connectivity index (χ0) is 15.6. The molecule has 3 aromatic rings. The Hall–Kier alpha value is -2.40. The molecule has 0 atom stereocenters. The highest BCUT2D eigenvalue weighted by Crippen LogP contribution is 2.18. The summed E-state index contributed by atoms with van der Waals surface area (Å²) in [6.45, 7) is 0. The molecule has 112 valence electrons. The molecule has 0 spiro atoms. The van der Waals surface area contributed by atoms with Crippen LogP contribution in [0.15, 0.2) is 77.8 Å². The highest BCUT2D eigenvalue weighted by atomic mass is 32.2. The maximum atomic E-state index is 13.0. The van der Waals surface area contributed by atoms with Crippen LogP contribution in [-0.4, -0.2) is 12.4 Å². The van der Waals surface area contributed by atoms with E-state index in [1.54, 1.807) is 54.6 Å². The van der Waals surface area contributed by atoms with Crippen molar-refractivity contribution >= 4 is 10.0 Å². The maximum absolute atomic E-state index is 13.0. The SMILES string of the molecule is O=S(=O)(c1ccccc1)n1cccc1Cc1ccc(F)cc1. The number of aromatic nitrogens is 1. The van der Waals surface area contributed by atoms with Gasteiger partial charge in [0.1, 0.15) is 5.82 Å². The van der Waals surface area contributed by atoms with Crippen molar-refractivity contribution in [3.8, 4) is 0 Å². The third-order valence-electron chi connectivity index (χ3n) is 3.39. The Labute approximate surface area is 128 Å². The summed E-state index contributed by atoms with van der Waals surface area (Å²) in [5.41, 5.74) is 1.49. The van der Waals surface area contributed by atoms with E-state index in [9.17, 15) is 12.8 Å². The highest BCUT2D eigenvalue weighted by Gasteiger charge is 2.18. The number of hydrogen-bond acceptors (Lipinski definition) is 2. The molecule has 0 aliphatic carbocycles. The van der Waals surface area contributed by atoms with Crippen molar-refractivity contribution in [1.29, 1.82) is 0 Å². The largest absolute Gasteiger partial charge is 0.267 e. The van der Waals surface area contributed by atoms with E-state index in [0.717, 1.165) is 5.56 Å². The van der Waals surface area contributed by atoms with E-state index in [1.165, 1.54) is 22.3 Å². The summed E-state index contributed by atoms with van der Waals surface area (Å²) in [6.07, 6.45) is 1.94. The Bertz CT molecular complexity index is 869. The molecule has 0 bridgehead atoms. The van der Waals surface area contributed by atoms with E-state index in [1.807, 2.05) is 0 Å². The summed E-state index contributed by atoms with van der Waals surface area (Å²) in [5.74, 6) is -0.309. The third-order valence-corrected chi connectivity index (χ3v) is 5.13. The number of hydrogen-bond donors (Lipinski definition) is 0. The fourth-order valence-corrected chi connectivity index (χ4v) is 3.68. The van der Waals surface area contributed by atoms with Gasteiger partial charge >= 0.3 is 0 Å². The molecule has 0 aliphatic heterocycles. The van der Waals surface area contributed by atoms with Gasteiger partial charge in [-0.3, -0.25) is 0 Å². The molecule has 0 aliphatic rings. The van der Waals surface area contributed by atoms with Gasteiger partial charge in [0.25, 0.3) is 10.0 Å². The van der Waals surface area contributed by atoms with Crippen LogP contribution in [0.1, 0.15) is 11.3 Å². The van der Waals surface area contributed by atoms with E-state index in [2.05, 4.69) is 0 Å². The summed E-state index contributed by atoms with van der Waals surface area (Å²) in [7, 11) is -3.61. The molecule has 0 radical (unpaired) electrons. The van der Waals surface area contributed by atoms with Crippen LogP contribution < -0.4 is 0 Å². The lowest BCUT2D eigenvalue weighted by atomic mass is 10.1. The van der Waals surface area contributed by atoms with Crippen molar-refractivity contribution in [2.75, 3.05) is 0 Å². The van der Waals surface area contributed by atoms with Crippen molar-refractivity contribution in [3.63, 3.8) is 0 Å². The fraction of sp³-hybridized carbons (Fsp3) is 0.0588. The predicted octanol–water partition coefficient (Wildman–Crippen LogP) is 3.46. The molecule has 0 amide bonds. The average molecular weight is 315 g/mol. The van der Waals surface area contributed by atoms with Crippen molar-refractivity contribution < 1.29 is 12.8 Å². The van der Waals surface area contributed by atoms with Crippen LogP contribution >= 0.6 is 0 Å². The van der Waals surface area contributed by atoms with Crippen LogP contribution in [0.4, 0.5) is 4.39 Å². The standard InChI is InChI=1S/C17H14FNO2S/c18-15-10-8-14(9-11-15)13-16-5-4-12-19(16)22(20,21)17-6-2-1-3-7-17/h1-12H,13H2. The second-order valence-corrected chi connectivity index (χ2v) is 6.73. The molecule has 0 unspecified atom stereocenters. The summed E-state index contributed by atoms with van der Waals surface area (Å²) in [5, 5.41) is 0. The minimum Gasteiger partial charge on any atom is -0.246 e. The lowest BCUT2D eigenvalue weighted by molar-refractivity contribution is 0.585. The number of benzene rings is 2.